The fourth-order valence-electron chi connectivity index (χ4n) is 0.994. The van der Waals surface area contributed by atoms with Crippen molar-refractivity contribution in [3.8, 4) is 0 Å². The van der Waals surface area contributed by atoms with Gasteiger partial charge in [0.1, 0.15) is 10.7 Å². The van der Waals surface area contributed by atoms with Crippen molar-refractivity contribution in [1.82, 2.24) is 19.1 Å². The number of hydrogen-bond donors (Lipinski definition) is 1. The third kappa shape index (κ3) is 1.62. The smallest absolute Gasteiger partial charge is 0.347 e. The molecule has 0 atom stereocenters. The van der Waals surface area contributed by atoms with E-state index in [0.717, 1.165) is 11.5 Å². The van der Waals surface area contributed by atoms with Crippen molar-refractivity contribution >= 4 is 16.5 Å². The second-order valence-corrected chi connectivity index (χ2v) is 3.40. The van der Waals surface area contributed by atoms with Gasteiger partial charge in [0, 0.05) is 23.9 Å². The van der Waals surface area contributed by atoms with Gasteiger partial charge in [0.2, 0.25) is 0 Å². The van der Waals surface area contributed by atoms with Crippen molar-refractivity contribution in [2.24, 2.45) is 0 Å². The minimum atomic E-state index is -0.320. The molecule has 2 aromatic heterocycles. The second-order valence-electron chi connectivity index (χ2n) is 2.61. The Kier molecular flexibility index (Phi) is 2.23. The third-order valence-electron chi connectivity index (χ3n) is 1.69. The van der Waals surface area contributed by atoms with Crippen molar-refractivity contribution < 1.29 is 0 Å². The number of anilines is 1. The van der Waals surface area contributed by atoms with Crippen molar-refractivity contribution in [2.45, 2.75) is 6.54 Å². The van der Waals surface area contributed by atoms with Crippen molar-refractivity contribution in [1.29, 1.82) is 0 Å². The van der Waals surface area contributed by atoms with Crippen LogP contribution in [-0.4, -0.2) is 19.1 Å². The van der Waals surface area contributed by atoms with Crippen LogP contribution in [0.2, 0.25) is 0 Å². The Balaban J connectivity index is 2.32. The molecular weight excluding hydrogens is 202 g/mol. The van der Waals surface area contributed by atoms with Gasteiger partial charge in [0.15, 0.2) is 0 Å². The quantitative estimate of drug-likeness (QED) is 0.735. The van der Waals surface area contributed by atoms with Crippen LogP contribution in [0.5, 0.6) is 0 Å². The van der Waals surface area contributed by atoms with E-state index in [1.807, 2.05) is 0 Å². The van der Waals surface area contributed by atoms with E-state index < -0.39 is 0 Å². The number of nitrogens with zero attached hydrogens (tertiary/aromatic N) is 4. The van der Waals surface area contributed by atoms with Gasteiger partial charge in [-0.05, 0) is 6.07 Å². The van der Waals surface area contributed by atoms with Gasteiger partial charge in [-0.2, -0.15) is 0 Å². The minimum absolute atomic E-state index is 0.314. The van der Waals surface area contributed by atoms with E-state index in [2.05, 4.69) is 14.6 Å². The molecule has 0 bridgehead atoms. The van der Waals surface area contributed by atoms with Gasteiger partial charge < -0.3 is 5.73 Å². The molecule has 0 fully saturated rings. The average molecular weight is 209 g/mol. The normalized spacial score (nSPS) is 10.3. The predicted molar refractivity (Wildman–Crippen MR) is 51.9 cm³/mol. The van der Waals surface area contributed by atoms with Crippen molar-refractivity contribution in [3.05, 3.63) is 34.6 Å². The summed E-state index contributed by atoms with van der Waals surface area (Å²) < 4.78 is 5.10. The van der Waals surface area contributed by atoms with Crippen LogP contribution in [0.15, 0.2) is 23.3 Å². The van der Waals surface area contributed by atoms with Crippen molar-refractivity contribution in [3.63, 3.8) is 0 Å². The molecule has 2 aromatic rings. The van der Waals surface area contributed by atoms with E-state index in [-0.39, 0.29) is 5.69 Å². The fourth-order valence-corrected chi connectivity index (χ4v) is 1.43. The van der Waals surface area contributed by atoms with Gasteiger partial charge >= 0.3 is 5.69 Å². The Morgan fingerprint density at radius 1 is 1.57 bits per heavy atom. The van der Waals surface area contributed by atoms with Crippen LogP contribution in [0.3, 0.4) is 0 Å². The molecule has 0 spiro atoms. The maximum absolute atomic E-state index is 11.2. The zero-order valence-corrected chi connectivity index (χ0v) is 7.94. The summed E-state index contributed by atoms with van der Waals surface area (Å²) >= 11 is 1.11. The average Bonchev–Trinajstić information content (AvgIpc) is 2.56. The lowest BCUT2D eigenvalue weighted by Gasteiger charge is -2.00. The Labute approximate surface area is 83.2 Å². The van der Waals surface area contributed by atoms with Gasteiger partial charge in [-0.25, -0.2) is 9.78 Å². The molecule has 6 nitrogen and oxygen atoms in total. The lowest BCUT2D eigenvalue weighted by Crippen LogP contribution is -2.22. The first kappa shape index (κ1) is 8.82. The molecule has 7 heteroatoms. The molecule has 0 aliphatic rings. The summed E-state index contributed by atoms with van der Waals surface area (Å²) in [6, 6.07) is 1.68. The molecule has 0 saturated heterocycles. The highest BCUT2D eigenvalue weighted by Crippen LogP contribution is 2.12. The largest absolute Gasteiger partial charge is 0.388 e. The maximum Gasteiger partial charge on any atom is 0.347 e. The molecule has 2 rings (SSSR count). The van der Waals surface area contributed by atoms with Crippen LogP contribution in [-0.2, 0) is 6.54 Å². The zero-order chi connectivity index (χ0) is 9.97. The number of nitrogens with two attached hydrogens (primary N) is 1. The molecule has 0 radical (unpaired) electrons. The van der Waals surface area contributed by atoms with Gasteiger partial charge in [-0.1, -0.05) is 4.49 Å². The second kappa shape index (κ2) is 3.54. The number of nitrogen functional groups attached to an aromatic ring is 1. The predicted octanol–water partition coefficient (Wildman–Crippen LogP) is -0.275. The van der Waals surface area contributed by atoms with Crippen LogP contribution in [0.1, 0.15) is 5.69 Å². The highest BCUT2D eigenvalue weighted by molar-refractivity contribution is 7.09. The molecule has 0 unspecified atom stereocenters. The monoisotopic (exact) mass is 209 g/mol. The van der Waals surface area contributed by atoms with Crippen molar-refractivity contribution in [2.75, 3.05) is 5.73 Å². The first-order valence-electron chi connectivity index (χ1n) is 3.85. The summed E-state index contributed by atoms with van der Waals surface area (Å²) in [5.74, 6) is 0. The number of hydrogen-bond acceptors (Lipinski definition) is 6. The van der Waals surface area contributed by atoms with Gasteiger partial charge in [-0.15, -0.1) is 5.10 Å². The molecular formula is C7H7N5OS. The lowest BCUT2D eigenvalue weighted by atomic mass is 10.4. The highest BCUT2D eigenvalue weighted by atomic mass is 32.1. The molecule has 0 amide bonds. The summed E-state index contributed by atoms with van der Waals surface area (Å²) in [4.78, 5) is 14.8. The molecule has 2 heterocycles. The summed E-state index contributed by atoms with van der Waals surface area (Å²) in [5, 5.41) is 4.34. The van der Waals surface area contributed by atoms with E-state index in [1.165, 1.54) is 10.8 Å². The first-order chi connectivity index (χ1) is 6.77. The topological polar surface area (TPSA) is 86.7 Å². The SMILES string of the molecule is Nc1snnc1Cn1cccnc1=O. The molecule has 2 N–H and O–H groups in total. The molecule has 0 saturated carbocycles. The van der Waals surface area contributed by atoms with Gasteiger partial charge in [0.25, 0.3) is 0 Å². The van der Waals surface area contributed by atoms with E-state index >= 15 is 0 Å². The Bertz CT molecular complexity index is 491. The van der Waals surface area contributed by atoms with Crippen LogP contribution in [0.4, 0.5) is 5.00 Å². The Hall–Kier alpha value is -1.76. The van der Waals surface area contributed by atoms with Gasteiger partial charge in [-0.3, -0.25) is 4.57 Å². The minimum Gasteiger partial charge on any atom is -0.388 e. The molecule has 14 heavy (non-hydrogen) atoms. The van der Waals surface area contributed by atoms with E-state index in [0.29, 0.717) is 17.2 Å². The maximum atomic E-state index is 11.2. The van der Waals surface area contributed by atoms with Gasteiger partial charge in [0.05, 0.1) is 6.54 Å². The molecule has 0 aliphatic carbocycles. The van der Waals surface area contributed by atoms with Crippen LogP contribution in [0.25, 0.3) is 0 Å². The summed E-state index contributed by atoms with van der Waals surface area (Å²) in [6.07, 6.45) is 3.08. The van der Waals surface area contributed by atoms with E-state index in [9.17, 15) is 4.79 Å². The number of rotatable bonds is 2. The Morgan fingerprint density at radius 2 is 2.43 bits per heavy atom. The first-order valence-corrected chi connectivity index (χ1v) is 4.63. The third-order valence-corrected chi connectivity index (χ3v) is 2.28. The number of aromatic nitrogens is 4. The van der Waals surface area contributed by atoms with E-state index in [4.69, 9.17) is 5.73 Å². The summed E-state index contributed by atoms with van der Waals surface area (Å²) in [5.41, 5.74) is 5.88. The highest BCUT2D eigenvalue weighted by Gasteiger charge is 2.05. The van der Waals surface area contributed by atoms with Crippen LogP contribution in [0, 0.1) is 0 Å². The van der Waals surface area contributed by atoms with E-state index in [1.54, 1.807) is 12.3 Å². The Morgan fingerprint density at radius 3 is 3.07 bits per heavy atom. The fraction of sp³-hybridized carbons (Fsp3) is 0.143. The summed E-state index contributed by atoms with van der Waals surface area (Å²) in [6.45, 7) is 0.314. The zero-order valence-electron chi connectivity index (χ0n) is 7.12. The summed E-state index contributed by atoms with van der Waals surface area (Å²) in [7, 11) is 0. The molecule has 72 valence electrons. The molecule has 0 aromatic carbocycles. The van der Waals surface area contributed by atoms with Crippen LogP contribution >= 0.6 is 11.5 Å². The lowest BCUT2D eigenvalue weighted by molar-refractivity contribution is 0.709. The molecule has 0 aliphatic heterocycles. The standard InChI is InChI=1S/C7H7N5OS/c8-6-5(10-11-14-6)4-12-3-1-2-9-7(12)13/h1-3H,4,8H2. The van der Waals surface area contributed by atoms with Crippen LogP contribution < -0.4 is 11.4 Å².